The first-order valence-corrected chi connectivity index (χ1v) is 8.33. The average Bonchev–Trinajstić information content (AvgIpc) is 2.77. The van der Waals surface area contributed by atoms with Crippen molar-refractivity contribution in [3.05, 3.63) is 65.7 Å². The van der Waals surface area contributed by atoms with E-state index in [2.05, 4.69) is 0 Å². The number of aliphatic hydroxyl groups is 2. The standard InChI is InChI=1S/C20H23NO4/c1-20(24)18(22)17(21(2)19(20)23)12-14-8-10-16(11-9-14)25-13-15-6-4-3-5-7-15/h3-11,17-18,22,24H,12-13H2,1-2H3/t17-,18-,20-/m1/s1. The van der Waals surface area contributed by atoms with Crippen LogP contribution in [-0.4, -0.2) is 45.8 Å². The Morgan fingerprint density at radius 1 is 1.08 bits per heavy atom. The van der Waals surface area contributed by atoms with Gasteiger partial charge in [0.15, 0.2) is 5.60 Å². The van der Waals surface area contributed by atoms with Gasteiger partial charge >= 0.3 is 0 Å². The number of nitrogens with zero attached hydrogens (tertiary/aromatic N) is 1. The fraction of sp³-hybridized carbons (Fsp3) is 0.350. The second-order valence-electron chi connectivity index (χ2n) is 6.70. The van der Waals surface area contributed by atoms with Crippen LogP contribution in [0.5, 0.6) is 5.75 Å². The maximum absolute atomic E-state index is 12.0. The van der Waals surface area contributed by atoms with Gasteiger partial charge in [-0.1, -0.05) is 42.5 Å². The summed E-state index contributed by atoms with van der Waals surface area (Å²) < 4.78 is 5.76. The zero-order valence-electron chi connectivity index (χ0n) is 14.4. The van der Waals surface area contributed by atoms with Crippen LogP contribution in [0.2, 0.25) is 0 Å². The number of carbonyl (C=O) groups excluding carboxylic acids is 1. The Hall–Kier alpha value is -2.37. The van der Waals surface area contributed by atoms with Gasteiger partial charge in [-0.3, -0.25) is 4.79 Å². The first-order valence-electron chi connectivity index (χ1n) is 8.33. The van der Waals surface area contributed by atoms with Crippen molar-refractivity contribution in [1.82, 2.24) is 4.90 Å². The lowest BCUT2D eigenvalue weighted by atomic mass is 9.94. The molecule has 0 saturated carbocycles. The van der Waals surface area contributed by atoms with Crippen molar-refractivity contribution in [2.24, 2.45) is 0 Å². The van der Waals surface area contributed by atoms with E-state index in [1.807, 2.05) is 54.6 Å². The fourth-order valence-electron chi connectivity index (χ4n) is 3.17. The number of amides is 1. The molecule has 5 heteroatoms. The Bertz CT molecular complexity index is 727. The number of hydrogen-bond acceptors (Lipinski definition) is 4. The molecule has 0 radical (unpaired) electrons. The highest BCUT2D eigenvalue weighted by molar-refractivity contribution is 5.88. The van der Waals surface area contributed by atoms with Gasteiger partial charge in [0.1, 0.15) is 18.5 Å². The van der Waals surface area contributed by atoms with Gasteiger partial charge in [-0.05, 0) is 36.6 Å². The summed E-state index contributed by atoms with van der Waals surface area (Å²) in [5.74, 6) is 0.309. The number of ether oxygens (including phenoxy) is 1. The van der Waals surface area contributed by atoms with Crippen molar-refractivity contribution >= 4 is 5.91 Å². The minimum absolute atomic E-state index is 0.446. The molecule has 2 aromatic rings. The van der Waals surface area contributed by atoms with Crippen LogP contribution in [0, 0.1) is 0 Å². The molecule has 3 atom stereocenters. The molecule has 1 amide bonds. The van der Waals surface area contributed by atoms with Crippen LogP contribution in [0.25, 0.3) is 0 Å². The first kappa shape index (κ1) is 17.5. The third kappa shape index (κ3) is 3.52. The SMILES string of the molecule is CN1C(=O)[C@](C)(O)[C@H](O)[C@H]1Cc1ccc(OCc2ccccc2)cc1. The summed E-state index contributed by atoms with van der Waals surface area (Å²) in [6, 6.07) is 17.1. The second kappa shape index (κ2) is 6.86. The van der Waals surface area contributed by atoms with Crippen molar-refractivity contribution in [2.45, 2.75) is 37.7 Å². The maximum atomic E-state index is 12.0. The number of hydrogen-bond donors (Lipinski definition) is 2. The van der Waals surface area contributed by atoms with Gasteiger partial charge in [-0.15, -0.1) is 0 Å². The summed E-state index contributed by atoms with van der Waals surface area (Å²) in [5, 5.41) is 20.4. The molecule has 2 N–H and O–H groups in total. The predicted molar refractivity (Wildman–Crippen MR) is 94.1 cm³/mol. The van der Waals surface area contributed by atoms with Gasteiger partial charge in [-0.2, -0.15) is 0 Å². The molecule has 132 valence electrons. The van der Waals surface area contributed by atoms with Crippen LogP contribution in [0.3, 0.4) is 0 Å². The van der Waals surface area contributed by atoms with Gasteiger partial charge in [0.05, 0.1) is 6.04 Å². The summed E-state index contributed by atoms with van der Waals surface area (Å²) in [6.07, 6.45) is -0.641. The van der Waals surface area contributed by atoms with Crippen LogP contribution < -0.4 is 4.74 Å². The lowest BCUT2D eigenvalue weighted by molar-refractivity contribution is -0.144. The van der Waals surface area contributed by atoms with E-state index in [4.69, 9.17) is 4.74 Å². The number of rotatable bonds is 5. The molecule has 1 saturated heterocycles. The Morgan fingerprint density at radius 2 is 1.72 bits per heavy atom. The van der Waals surface area contributed by atoms with Gasteiger partial charge < -0.3 is 19.8 Å². The van der Waals surface area contributed by atoms with E-state index in [1.54, 1.807) is 7.05 Å². The van der Waals surface area contributed by atoms with Gasteiger partial charge in [0.25, 0.3) is 5.91 Å². The summed E-state index contributed by atoms with van der Waals surface area (Å²) in [7, 11) is 1.61. The smallest absolute Gasteiger partial charge is 0.257 e. The first-order chi connectivity index (χ1) is 11.9. The number of carbonyl (C=O) groups is 1. The molecule has 1 fully saturated rings. The van der Waals surface area contributed by atoms with E-state index in [0.717, 1.165) is 16.9 Å². The molecule has 0 aromatic heterocycles. The molecule has 0 bridgehead atoms. The van der Waals surface area contributed by atoms with E-state index >= 15 is 0 Å². The lowest BCUT2D eigenvalue weighted by Gasteiger charge is -2.23. The fourth-order valence-corrected chi connectivity index (χ4v) is 3.17. The molecule has 1 aliphatic rings. The lowest BCUT2D eigenvalue weighted by Crippen LogP contribution is -2.43. The zero-order valence-corrected chi connectivity index (χ0v) is 14.4. The van der Waals surface area contributed by atoms with E-state index < -0.39 is 23.7 Å². The predicted octanol–water partition coefficient (Wildman–Crippen LogP) is 1.76. The maximum Gasteiger partial charge on any atom is 0.257 e. The van der Waals surface area contributed by atoms with Crippen molar-refractivity contribution in [2.75, 3.05) is 7.05 Å². The highest BCUT2D eigenvalue weighted by Crippen LogP contribution is 2.30. The Labute approximate surface area is 147 Å². The molecule has 2 aromatic carbocycles. The van der Waals surface area contributed by atoms with E-state index in [-0.39, 0.29) is 0 Å². The minimum Gasteiger partial charge on any atom is -0.489 e. The third-order valence-electron chi connectivity index (χ3n) is 4.81. The molecule has 0 unspecified atom stereocenters. The average molecular weight is 341 g/mol. The molecule has 1 heterocycles. The highest BCUT2D eigenvalue weighted by atomic mass is 16.5. The van der Waals surface area contributed by atoms with Crippen LogP contribution in [0.1, 0.15) is 18.1 Å². The summed E-state index contributed by atoms with van der Waals surface area (Å²) in [4.78, 5) is 13.4. The van der Waals surface area contributed by atoms with Crippen LogP contribution >= 0.6 is 0 Å². The molecule has 3 rings (SSSR count). The molecular formula is C20H23NO4. The Balaban J connectivity index is 1.62. The van der Waals surface area contributed by atoms with Crippen LogP contribution in [0.15, 0.2) is 54.6 Å². The molecule has 0 spiro atoms. The van der Waals surface area contributed by atoms with Crippen molar-refractivity contribution in [3.63, 3.8) is 0 Å². The van der Waals surface area contributed by atoms with E-state index in [0.29, 0.717) is 13.0 Å². The second-order valence-corrected chi connectivity index (χ2v) is 6.70. The zero-order chi connectivity index (χ0) is 18.0. The van der Waals surface area contributed by atoms with Crippen LogP contribution in [-0.2, 0) is 17.8 Å². The number of likely N-dealkylation sites (tertiary alicyclic amines) is 1. The van der Waals surface area contributed by atoms with Gasteiger partial charge in [0.2, 0.25) is 0 Å². The number of aliphatic hydroxyl groups excluding tert-OH is 1. The topological polar surface area (TPSA) is 70.0 Å². The quantitative estimate of drug-likeness (QED) is 0.869. The Kier molecular flexibility index (Phi) is 4.79. The van der Waals surface area contributed by atoms with Crippen molar-refractivity contribution in [1.29, 1.82) is 0 Å². The van der Waals surface area contributed by atoms with Crippen molar-refractivity contribution in [3.8, 4) is 5.75 Å². The number of likely N-dealkylation sites (N-methyl/N-ethyl adjacent to an activating group) is 1. The monoisotopic (exact) mass is 341 g/mol. The number of benzene rings is 2. The largest absolute Gasteiger partial charge is 0.489 e. The van der Waals surface area contributed by atoms with E-state index in [1.165, 1.54) is 11.8 Å². The van der Waals surface area contributed by atoms with Crippen molar-refractivity contribution < 1.29 is 19.7 Å². The molecular weight excluding hydrogens is 318 g/mol. The normalized spacial score (nSPS) is 26.1. The summed E-state index contributed by atoms with van der Waals surface area (Å²) in [6.45, 7) is 1.86. The van der Waals surface area contributed by atoms with Gasteiger partial charge in [0, 0.05) is 7.05 Å². The highest BCUT2D eigenvalue weighted by Gasteiger charge is 2.53. The van der Waals surface area contributed by atoms with Gasteiger partial charge in [-0.25, -0.2) is 0 Å². The third-order valence-corrected chi connectivity index (χ3v) is 4.81. The molecule has 5 nitrogen and oxygen atoms in total. The molecule has 0 aliphatic carbocycles. The summed E-state index contributed by atoms with van der Waals surface area (Å²) >= 11 is 0. The Morgan fingerprint density at radius 3 is 2.28 bits per heavy atom. The van der Waals surface area contributed by atoms with E-state index in [9.17, 15) is 15.0 Å². The minimum atomic E-state index is -1.72. The molecule has 1 aliphatic heterocycles. The van der Waals surface area contributed by atoms with Crippen LogP contribution in [0.4, 0.5) is 0 Å². The summed E-state index contributed by atoms with van der Waals surface area (Å²) in [5.41, 5.74) is 0.342. The molecule has 25 heavy (non-hydrogen) atoms.